The first-order valence-corrected chi connectivity index (χ1v) is 10.7. The third kappa shape index (κ3) is 5.27. The lowest BCUT2D eigenvalue weighted by molar-refractivity contribution is 0.0322. The number of aromatic nitrogens is 2. The van der Waals surface area contributed by atoms with Crippen LogP contribution < -0.4 is 5.32 Å². The van der Waals surface area contributed by atoms with Gasteiger partial charge in [0, 0.05) is 25.1 Å². The number of carbonyl (C=O) groups is 1. The highest BCUT2D eigenvalue weighted by Gasteiger charge is 2.26. The van der Waals surface area contributed by atoms with E-state index in [1.807, 2.05) is 0 Å². The molecule has 0 saturated carbocycles. The van der Waals surface area contributed by atoms with Gasteiger partial charge >= 0.3 is 0 Å². The van der Waals surface area contributed by atoms with Crippen molar-refractivity contribution in [1.82, 2.24) is 15.1 Å². The van der Waals surface area contributed by atoms with Crippen molar-refractivity contribution in [2.45, 2.75) is 18.7 Å². The Bertz CT molecular complexity index is 1210. The van der Waals surface area contributed by atoms with Gasteiger partial charge in [0.25, 0.3) is 5.91 Å². The number of halogens is 2. The summed E-state index contributed by atoms with van der Waals surface area (Å²) in [6.07, 6.45) is 3.99. The number of hydrogen-bond acceptors (Lipinski definition) is 5. The van der Waals surface area contributed by atoms with Crippen molar-refractivity contribution >= 4 is 17.2 Å². The lowest BCUT2D eigenvalue weighted by atomic mass is 9.99. The van der Waals surface area contributed by atoms with E-state index in [1.54, 1.807) is 41.4 Å². The summed E-state index contributed by atoms with van der Waals surface area (Å²) in [4.78, 5) is 17.7. The van der Waals surface area contributed by atoms with E-state index in [9.17, 15) is 18.7 Å². The van der Waals surface area contributed by atoms with E-state index in [-0.39, 0.29) is 36.6 Å². The highest BCUT2D eigenvalue weighted by atomic mass is 19.1. The van der Waals surface area contributed by atoms with Crippen LogP contribution in [-0.2, 0) is 11.3 Å². The number of aliphatic imine (C=N–C) groups is 1. The SMILES string of the molecule is COC[C@H](O)[C@@H](Cn1cccn1)NC(=O)c1cccc(F)c1C1=NCC(c2ccc(F)cc2)=C1. The fourth-order valence-corrected chi connectivity index (χ4v) is 3.80. The monoisotopic (exact) mass is 466 g/mol. The minimum Gasteiger partial charge on any atom is -0.388 e. The van der Waals surface area contributed by atoms with Gasteiger partial charge in [-0.25, -0.2) is 8.78 Å². The van der Waals surface area contributed by atoms with Crippen LogP contribution in [-0.4, -0.2) is 58.9 Å². The Kier molecular flexibility index (Phi) is 7.24. The molecule has 2 aromatic carbocycles. The number of benzene rings is 2. The van der Waals surface area contributed by atoms with E-state index in [0.29, 0.717) is 5.71 Å². The average Bonchev–Trinajstić information content (AvgIpc) is 3.51. The molecule has 0 saturated heterocycles. The molecule has 7 nitrogen and oxygen atoms in total. The summed E-state index contributed by atoms with van der Waals surface area (Å²) in [5, 5.41) is 17.4. The third-order valence-corrected chi connectivity index (χ3v) is 5.52. The van der Waals surface area contributed by atoms with Crippen molar-refractivity contribution < 1.29 is 23.4 Å². The van der Waals surface area contributed by atoms with Gasteiger partial charge in [-0.05, 0) is 47.5 Å². The first-order chi connectivity index (χ1) is 16.5. The van der Waals surface area contributed by atoms with Crippen molar-refractivity contribution in [1.29, 1.82) is 0 Å². The first kappa shape index (κ1) is 23.5. The van der Waals surface area contributed by atoms with Gasteiger partial charge in [-0.3, -0.25) is 14.5 Å². The fraction of sp³-hybridized carbons (Fsp3) is 0.240. The zero-order valence-corrected chi connectivity index (χ0v) is 18.5. The van der Waals surface area contributed by atoms with Crippen LogP contribution in [0.3, 0.4) is 0 Å². The number of aliphatic hydroxyl groups excluding tert-OH is 1. The summed E-state index contributed by atoms with van der Waals surface area (Å²) >= 11 is 0. The summed E-state index contributed by atoms with van der Waals surface area (Å²) in [6.45, 7) is 0.479. The van der Waals surface area contributed by atoms with Crippen molar-refractivity contribution in [3.63, 3.8) is 0 Å². The Balaban J connectivity index is 1.60. The van der Waals surface area contributed by atoms with Gasteiger partial charge in [0.15, 0.2) is 0 Å². The number of rotatable bonds is 9. The Morgan fingerprint density at radius 2 is 2.00 bits per heavy atom. The molecule has 1 amide bonds. The molecule has 0 unspecified atom stereocenters. The van der Waals surface area contributed by atoms with Gasteiger partial charge in [0.05, 0.1) is 43.1 Å². The second kappa shape index (κ2) is 10.5. The van der Waals surface area contributed by atoms with Gasteiger partial charge in [-0.15, -0.1) is 0 Å². The molecule has 176 valence electrons. The second-order valence-electron chi connectivity index (χ2n) is 7.87. The molecule has 0 radical (unpaired) electrons. The lowest BCUT2D eigenvalue weighted by Gasteiger charge is -2.24. The summed E-state index contributed by atoms with van der Waals surface area (Å²) in [5.41, 5.74) is 2.03. The van der Waals surface area contributed by atoms with Crippen molar-refractivity contribution in [2.75, 3.05) is 20.3 Å². The smallest absolute Gasteiger partial charge is 0.252 e. The Morgan fingerprint density at radius 3 is 2.71 bits per heavy atom. The molecule has 34 heavy (non-hydrogen) atoms. The quantitative estimate of drug-likeness (QED) is 0.508. The maximum absolute atomic E-state index is 14.9. The number of hydrogen-bond donors (Lipinski definition) is 2. The third-order valence-electron chi connectivity index (χ3n) is 5.52. The molecule has 4 rings (SSSR count). The van der Waals surface area contributed by atoms with Crippen molar-refractivity contribution in [3.05, 3.63) is 95.3 Å². The molecular formula is C25H24F2N4O3. The highest BCUT2D eigenvalue weighted by Crippen LogP contribution is 2.25. The van der Waals surface area contributed by atoms with E-state index >= 15 is 0 Å². The largest absolute Gasteiger partial charge is 0.388 e. The Hall–Kier alpha value is -3.69. The molecular weight excluding hydrogens is 442 g/mol. The molecule has 0 aliphatic carbocycles. The summed E-state index contributed by atoms with van der Waals surface area (Å²) in [6, 6.07) is 11.2. The first-order valence-electron chi connectivity index (χ1n) is 10.7. The highest BCUT2D eigenvalue weighted by molar-refractivity contribution is 6.19. The minimum atomic E-state index is -1.01. The standard InChI is InChI=1S/C25H24F2N4O3/c1-34-15-23(32)22(14-31-11-3-10-29-31)30-25(33)19-4-2-5-20(27)24(19)21-12-17(13-28-21)16-6-8-18(26)9-7-16/h2-12,22-23,32H,13-15H2,1H3,(H,30,33)/t22-,23+/m1/s1. The van der Waals surface area contributed by atoms with Crippen molar-refractivity contribution in [3.8, 4) is 0 Å². The maximum atomic E-state index is 14.9. The van der Waals surface area contributed by atoms with Crippen molar-refractivity contribution in [2.24, 2.45) is 4.99 Å². The van der Waals surface area contributed by atoms with Crippen LogP contribution in [0.15, 0.2) is 72.0 Å². The molecule has 0 fully saturated rings. The van der Waals surface area contributed by atoms with Crippen LogP contribution in [0.5, 0.6) is 0 Å². The van der Waals surface area contributed by atoms with Gasteiger partial charge in [0.2, 0.25) is 0 Å². The van der Waals surface area contributed by atoms with Gasteiger partial charge < -0.3 is 15.2 Å². The number of methoxy groups -OCH3 is 1. The van der Waals surface area contributed by atoms with Gasteiger partial charge in [0.1, 0.15) is 11.6 Å². The van der Waals surface area contributed by atoms with Gasteiger partial charge in [-0.2, -0.15) is 5.10 Å². The molecule has 2 heterocycles. The van der Waals surface area contributed by atoms with E-state index in [0.717, 1.165) is 11.1 Å². The Labute approximate surface area is 195 Å². The fourth-order valence-electron chi connectivity index (χ4n) is 3.80. The van der Waals surface area contributed by atoms with E-state index in [4.69, 9.17) is 4.74 Å². The second-order valence-corrected chi connectivity index (χ2v) is 7.87. The number of aliphatic hydroxyl groups is 1. The van der Waals surface area contributed by atoms with E-state index in [2.05, 4.69) is 15.4 Å². The number of amides is 1. The molecule has 9 heteroatoms. The Morgan fingerprint density at radius 1 is 1.21 bits per heavy atom. The maximum Gasteiger partial charge on any atom is 0.252 e. The predicted molar refractivity (Wildman–Crippen MR) is 124 cm³/mol. The number of ether oxygens (including phenoxy) is 1. The zero-order valence-electron chi connectivity index (χ0n) is 18.5. The van der Waals surface area contributed by atoms with Crippen LogP contribution >= 0.6 is 0 Å². The lowest BCUT2D eigenvalue weighted by Crippen LogP contribution is -2.48. The van der Waals surface area contributed by atoms with Gasteiger partial charge in [-0.1, -0.05) is 18.2 Å². The average molecular weight is 466 g/mol. The van der Waals surface area contributed by atoms with Crippen LogP contribution in [0.25, 0.3) is 5.57 Å². The van der Waals surface area contributed by atoms with Crippen LogP contribution in [0.1, 0.15) is 21.5 Å². The summed E-state index contributed by atoms with van der Waals surface area (Å²) in [7, 11) is 1.45. The summed E-state index contributed by atoms with van der Waals surface area (Å²) in [5.74, 6) is -1.51. The molecule has 3 aromatic rings. The molecule has 2 N–H and O–H groups in total. The van der Waals surface area contributed by atoms with E-state index < -0.39 is 23.9 Å². The number of nitrogens with one attached hydrogen (secondary N) is 1. The molecule has 0 spiro atoms. The molecule has 2 atom stereocenters. The normalized spacial score (nSPS) is 14.9. The number of allylic oxidation sites excluding steroid dienone is 1. The zero-order chi connectivity index (χ0) is 24.1. The van der Waals surface area contributed by atoms with Crippen LogP contribution in [0, 0.1) is 11.6 Å². The van der Waals surface area contributed by atoms with E-state index in [1.165, 1.54) is 37.4 Å². The molecule has 1 aromatic heterocycles. The molecule has 1 aliphatic rings. The number of carbonyl (C=O) groups excluding carboxylic acids is 1. The van der Waals surface area contributed by atoms with Crippen LogP contribution in [0.4, 0.5) is 8.78 Å². The predicted octanol–water partition coefficient (Wildman–Crippen LogP) is 2.85. The summed E-state index contributed by atoms with van der Waals surface area (Å²) < 4.78 is 34.8. The van der Waals surface area contributed by atoms with Crippen LogP contribution in [0.2, 0.25) is 0 Å². The topological polar surface area (TPSA) is 88.7 Å². The molecule has 0 bridgehead atoms. The minimum absolute atomic E-state index is 0.00129. The molecule has 1 aliphatic heterocycles. The number of nitrogens with zero attached hydrogens (tertiary/aromatic N) is 3.